The summed E-state index contributed by atoms with van der Waals surface area (Å²) < 4.78 is 0. The lowest BCUT2D eigenvalue weighted by Gasteiger charge is -2.22. The fourth-order valence-electron chi connectivity index (χ4n) is 2.24. The molecule has 3 nitrogen and oxygen atoms in total. The van der Waals surface area contributed by atoms with Crippen LogP contribution in [0.25, 0.3) is 0 Å². The van der Waals surface area contributed by atoms with Gasteiger partial charge in [-0.2, -0.15) is 0 Å². The van der Waals surface area contributed by atoms with Crippen molar-refractivity contribution in [2.24, 2.45) is 5.92 Å². The molecule has 1 aliphatic heterocycles. The van der Waals surface area contributed by atoms with Crippen molar-refractivity contribution in [1.82, 2.24) is 10.6 Å². The van der Waals surface area contributed by atoms with Gasteiger partial charge in [-0.15, -0.1) is 11.8 Å². The Kier molecular flexibility index (Phi) is 6.97. The summed E-state index contributed by atoms with van der Waals surface area (Å²) in [5, 5.41) is 7.09. The monoisotopic (exact) mass is 258 g/mol. The van der Waals surface area contributed by atoms with Gasteiger partial charge in [-0.1, -0.05) is 13.8 Å². The summed E-state index contributed by atoms with van der Waals surface area (Å²) in [6.45, 7) is 8.66. The van der Waals surface area contributed by atoms with Crippen molar-refractivity contribution in [2.75, 3.05) is 18.8 Å². The molecule has 1 atom stereocenters. The van der Waals surface area contributed by atoms with Crippen molar-refractivity contribution in [3.8, 4) is 0 Å². The molecule has 1 amide bonds. The molecule has 0 spiro atoms. The molecule has 2 N–H and O–H groups in total. The highest BCUT2D eigenvalue weighted by Gasteiger charge is 2.15. The van der Waals surface area contributed by atoms with Crippen molar-refractivity contribution in [3.05, 3.63) is 0 Å². The largest absolute Gasteiger partial charge is 0.353 e. The number of hydrogen-bond acceptors (Lipinski definition) is 3. The molecular weight excluding hydrogens is 232 g/mol. The van der Waals surface area contributed by atoms with E-state index in [0.717, 1.165) is 19.5 Å². The van der Waals surface area contributed by atoms with E-state index in [2.05, 4.69) is 31.4 Å². The van der Waals surface area contributed by atoms with Gasteiger partial charge in [0.15, 0.2) is 0 Å². The number of thioether (sulfide) groups is 1. The number of hydrogen-bond donors (Lipinski definition) is 2. The van der Waals surface area contributed by atoms with Crippen LogP contribution < -0.4 is 10.6 Å². The molecule has 1 rings (SSSR count). The van der Waals surface area contributed by atoms with E-state index in [1.165, 1.54) is 12.8 Å². The van der Waals surface area contributed by atoms with Gasteiger partial charge in [0.1, 0.15) is 0 Å². The summed E-state index contributed by atoms with van der Waals surface area (Å²) in [4.78, 5) is 11.7. The minimum absolute atomic E-state index is 0.196. The van der Waals surface area contributed by atoms with Crippen molar-refractivity contribution >= 4 is 17.7 Å². The highest BCUT2D eigenvalue weighted by atomic mass is 32.2. The molecule has 1 heterocycles. The number of piperidine rings is 1. The van der Waals surface area contributed by atoms with Crippen LogP contribution in [0.5, 0.6) is 0 Å². The van der Waals surface area contributed by atoms with Crippen LogP contribution in [-0.2, 0) is 4.79 Å². The molecule has 0 bridgehead atoms. The molecule has 0 aliphatic carbocycles. The Balaban J connectivity index is 2.11. The molecule has 0 aromatic carbocycles. The third kappa shape index (κ3) is 6.94. The van der Waals surface area contributed by atoms with Gasteiger partial charge < -0.3 is 10.6 Å². The molecular formula is C13H26N2OS. The van der Waals surface area contributed by atoms with Gasteiger partial charge in [0.25, 0.3) is 0 Å². The van der Waals surface area contributed by atoms with Gasteiger partial charge in [0.05, 0.1) is 5.75 Å². The zero-order chi connectivity index (χ0) is 12.7. The van der Waals surface area contributed by atoms with Crippen LogP contribution in [0.15, 0.2) is 0 Å². The SMILES string of the molecule is CC(C)CC(C)NC(=O)CSC1CCNCC1. The van der Waals surface area contributed by atoms with Crippen LogP contribution in [-0.4, -0.2) is 36.0 Å². The summed E-state index contributed by atoms with van der Waals surface area (Å²) in [5.74, 6) is 1.46. The van der Waals surface area contributed by atoms with Crippen LogP contribution in [0, 0.1) is 5.92 Å². The van der Waals surface area contributed by atoms with E-state index in [4.69, 9.17) is 0 Å². The Bertz CT molecular complexity index is 227. The number of carbonyl (C=O) groups is 1. The Morgan fingerprint density at radius 3 is 2.59 bits per heavy atom. The average molecular weight is 258 g/mol. The number of carbonyl (C=O) groups excluding carboxylic acids is 1. The molecule has 1 unspecified atom stereocenters. The molecule has 0 aromatic heterocycles. The summed E-state index contributed by atoms with van der Waals surface area (Å²) >= 11 is 1.81. The second-order valence-corrected chi connectivity index (χ2v) is 6.65. The summed E-state index contributed by atoms with van der Waals surface area (Å²) in [5.41, 5.74) is 0. The molecule has 100 valence electrons. The normalized spacial score (nSPS) is 19.3. The van der Waals surface area contributed by atoms with Crippen LogP contribution >= 0.6 is 11.8 Å². The van der Waals surface area contributed by atoms with Crippen LogP contribution in [0.1, 0.15) is 40.0 Å². The summed E-state index contributed by atoms with van der Waals surface area (Å²) in [7, 11) is 0. The first-order valence-electron chi connectivity index (χ1n) is 6.69. The van der Waals surface area contributed by atoms with Crippen LogP contribution in [0.4, 0.5) is 0 Å². The molecule has 17 heavy (non-hydrogen) atoms. The van der Waals surface area contributed by atoms with Gasteiger partial charge in [-0.3, -0.25) is 4.79 Å². The standard InChI is InChI=1S/C13H26N2OS/c1-10(2)8-11(3)15-13(16)9-17-12-4-6-14-7-5-12/h10-12,14H,4-9H2,1-3H3,(H,15,16). The lowest BCUT2D eigenvalue weighted by molar-refractivity contribution is -0.119. The van der Waals surface area contributed by atoms with Gasteiger partial charge in [0, 0.05) is 11.3 Å². The highest BCUT2D eigenvalue weighted by Crippen LogP contribution is 2.19. The van der Waals surface area contributed by atoms with Gasteiger partial charge in [0.2, 0.25) is 5.91 Å². The molecule has 0 radical (unpaired) electrons. The van der Waals surface area contributed by atoms with Crippen molar-refractivity contribution in [2.45, 2.75) is 51.3 Å². The van der Waals surface area contributed by atoms with E-state index in [9.17, 15) is 4.79 Å². The molecule has 0 saturated carbocycles. The van der Waals surface area contributed by atoms with Gasteiger partial charge >= 0.3 is 0 Å². The Morgan fingerprint density at radius 1 is 1.35 bits per heavy atom. The first-order chi connectivity index (χ1) is 8.08. The minimum Gasteiger partial charge on any atom is -0.353 e. The molecule has 1 fully saturated rings. The van der Waals surface area contributed by atoms with Crippen molar-refractivity contribution < 1.29 is 4.79 Å². The summed E-state index contributed by atoms with van der Waals surface area (Å²) in [6.07, 6.45) is 3.45. The van der Waals surface area contributed by atoms with E-state index in [0.29, 0.717) is 23.0 Å². The molecule has 4 heteroatoms. The van der Waals surface area contributed by atoms with Crippen molar-refractivity contribution in [3.63, 3.8) is 0 Å². The fourth-order valence-corrected chi connectivity index (χ4v) is 3.28. The second-order valence-electron chi connectivity index (χ2n) is 5.36. The van der Waals surface area contributed by atoms with E-state index >= 15 is 0 Å². The quantitative estimate of drug-likeness (QED) is 0.766. The Hall–Kier alpha value is -0.220. The maximum atomic E-state index is 11.7. The second kappa shape index (κ2) is 7.98. The summed E-state index contributed by atoms with van der Waals surface area (Å²) in [6, 6.07) is 0.302. The Labute approximate surface area is 109 Å². The third-order valence-electron chi connectivity index (χ3n) is 2.97. The lowest BCUT2D eigenvalue weighted by atomic mass is 10.1. The zero-order valence-electron chi connectivity index (χ0n) is 11.3. The van der Waals surface area contributed by atoms with E-state index in [1.54, 1.807) is 0 Å². The smallest absolute Gasteiger partial charge is 0.230 e. The first kappa shape index (κ1) is 14.8. The number of rotatable bonds is 6. The van der Waals surface area contributed by atoms with E-state index in [-0.39, 0.29) is 5.91 Å². The molecule has 1 aliphatic rings. The number of amides is 1. The Morgan fingerprint density at radius 2 is 2.00 bits per heavy atom. The predicted molar refractivity (Wildman–Crippen MR) is 75.4 cm³/mol. The first-order valence-corrected chi connectivity index (χ1v) is 7.74. The van der Waals surface area contributed by atoms with Crippen LogP contribution in [0.3, 0.4) is 0 Å². The molecule has 0 aromatic rings. The topological polar surface area (TPSA) is 41.1 Å². The maximum Gasteiger partial charge on any atom is 0.230 e. The highest BCUT2D eigenvalue weighted by molar-refractivity contribution is 8.00. The predicted octanol–water partition coefficient (Wildman–Crippen LogP) is 2.02. The maximum absolute atomic E-state index is 11.7. The number of nitrogens with one attached hydrogen (secondary N) is 2. The van der Waals surface area contributed by atoms with E-state index in [1.807, 2.05) is 11.8 Å². The fraction of sp³-hybridized carbons (Fsp3) is 0.923. The zero-order valence-corrected chi connectivity index (χ0v) is 12.1. The minimum atomic E-state index is 0.196. The van der Waals surface area contributed by atoms with Crippen molar-refractivity contribution in [1.29, 1.82) is 0 Å². The average Bonchev–Trinajstić information content (AvgIpc) is 2.26. The lowest BCUT2D eigenvalue weighted by Crippen LogP contribution is -2.36. The van der Waals surface area contributed by atoms with Crippen LogP contribution in [0.2, 0.25) is 0 Å². The third-order valence-corrected chi connectivity index (χ3v) is 4.34. The van der Waals surface area contributed by atoms with Gasteiger partial charge in [-0.25, -0.2) is 0 Å². The van der Waals surface area contributed by atoms with E-state index < -0.39 is 0 Å². The van der Waals surface area contributed by atoms with Gasteiger partial charge in [-0.05, 0) is 45.2 Å². The molecule has 1 saturated heterocycles.